The number of ether oxygens (including phenoxy) is 1. The van der Waals surface area contributed by atoms with E-state index in [1.54, 1.807) is 31.4 Å². The molecule has 0 bridgehead atoms. The van der Waals surface area contributed by atoms with E-state index in [9.17, 15) is 8.42 Å². The number of anilines is 1. The van der Waals surface area contributed by atoms with E-state index in [-0.39, 0.29) is 23.0 Å². The van der Waals surface area contributed by atoms with Crippen LogP contribution in [0.1, 0.15) is 17.1 Å². The zero-order valence-corrected chi connectivity index (χ0v) is 12.6. The van der Waals surface area contributed by atoms with Gasteiger partial charge >= 0.3 is 0 Å². The molecular formula is C14H17NO5S. The van der Waals surface area contributed by atoms with Crippen LogP contribution in [-0.2, 0) is 28.0 Å². The Morgan fingerprint density at radius 3 is 2.67 bits per heavy atom. The molecule has 2 aromatic rings. The van der Waals surface area contributed by atoms with Crippen LogP contribution in [0, 0.1) is 6.92 Å². The number of aliphatic hydroxyl groups excluding tert-OH is 1. The molecule has 0 aliphatic rings. The van der Waals surface area contributed by atoms with E-state index in [0.29, 0.717) is 12.3 Å². The quantitative estimate of drug-likeness (QED) is 0.852. The summed E-state index contributed by atoms with van der Waals surface area (Å²) in [7, 11) is -2.24. The minimum atomic E-state index is -3.78. The lowest BCUT2D eigenvalue weighted by atomic mass is 10.2. The maximum absolute atomic E-state index is 12.4. The van der Waals surface area contributed by atoms with Gasteiger partial charge in [0, 0.05) is 18.7 Å². The Kier molecular flexibility index (Phi) is 4.66. The molecule has 0 fully saturated rings. The van der Waals surface area contributed by atoms with Gasteiger partial charge in [0.1, 0.15) is 23.0 Å². The van der Waals surface area contributed by atoms with Gasteiger partial charge in [0.05, 0.1) is 12.3 Å². The Labute approximate surface area is 123 Å². The van der Waals surface area contributed by atoms with Crippen LogP contribution in [0.4, 0.5) is 5.69 Å². The standard InChI is InChI=1S/C14H17NO5S/c1-10-14(7-12(8-16)20-10)21(17,18)15-13-6-4-3-5-11(13)9-19-2/h3-7,15-16H,8-9H2,1-2H3. The zero-order valence-electron chi connectivity index (χ0n) is 11.8. The Morgan fingerprint density at radius 1 is 1.33 bits per heavy atom. The molecule has 0 aliphatic heterocycles. The number of furan rings is 1. The van der Waals surface area contributed by atoms with Gasteiger partial charge in [0.25, 0.3) is 10.0 Å². The third-order valence-electron chi connectivity index (χ3n) is 2.93. The lowest BCUT2D eigenvalue weighted by Crippen LogP contribution is -2.14. The normalized spacial score (nSPS) is 11.6. The van der Waals surface area contributed by atoms with Gasteiger partial charge < -0.3 is 14.3 Å². The molecule has 21 heavy (non-hydrogen) atoms. The Balaban J connectivity index is 2.35. The van der Waals surface area contributed by atoms with Crippen molar-refractivity contribution in [3.8, 4) is 0 Å². The molecule has 1 aromatic heterocycles. The second-order valence-corrected chi connectivity index (χ2v) is 6.14. The number of rotatable bonds is 6. The van der Waals surface area contributed by atoms with E-state index in [2.05, 4.69) is 4.72 Å². The Morgan fingerprint density at radius 2 is 2.05 bits per heavy atom. The summed E-state index contributed by atoms with van der Waals surface area (Å²) < 4.78 is 37.6. The summed E-state index contributed by atoms with van der Waals surface area (Å²) in [5.41, 5.74) is 1.18. The molecule has 1 heterocycles. The number of hydrogen-bond acceptors (Lipinski definition) is 5. The van der Waals surface area contributed by atoms with Crippen LogP contribution in [0.3, 0.4) is 0 Å². The fraction of sp³-hybridized carbons (Fsp3) is 0.286. The topological polar surface area (TPSA) is 88.8 Å². The molecule has 0 amide bonds. The number of sulfonamides is 1. The molecule has 114 valence electrons. The van der Waals surface area contributed by atoms with Gasteiger partial charge in [-0.1, -0.05) is 18.2 Å². The van der Waals surface area contributed by atoms with Crippen molar-refractivity contribution in [1.29, 1.82) is 0 Å². The number of benzene rings is 1. The number of para-hydroxylation sites is 1. The maximum Gasteiger partial charge on any atom is 0.265 e. The highest BCUT2D eigenvalue weighted by molar-refractivity contribution is 7.92. The first kappa shape index (κ1) is 15.6. The van der Waals surface area contributed by atoms with Crippen molar-refractivity contribution in [2.75, 3.05) is 11.8 Å². The molecule has 0 atom stereocenters. The molecule has 0 radical (unpaired) electrons. The van der Waals surface area contributed by atoms with Gasteiger partial charge in [0.2, 0.25) is 0 Å². The van der Waals surface area contributed by atoms with Crippen LogP contribution < -0.4 is 4.72 Å². The minimum Gasteiger partial charge on any atom is -0.462 e. The van der Waals surface area contributed by atoms with Gasteiger partial charge in [-0.2, -0.15) is 0 Å². The summed E-state index contributed by atoms with van der Waals surface area (Å²) in [5.74, 6) is 0.439. The highest BCUT2D eigenvalue weighted by atomic mass is 32.2. The van der Waals surface area contributed by atoms with E-state index in [1.807, 2.05) is 0 Å². The number of nitrogens with one attached hydrogen (secondary N) is 1. The second kappa shape index (κ2) is 6.30. The van der Waals surface area contributed by atoms with Crippen molar-refractivity contribution in [3.05, 3.63) is 47.4 Å². The van der Waals surface area contributed by atoms with Gasteiger partial charge in [-0.05, 0) is 13.0 Å². The molecule has 0 aliphatic carbocycles. The van der Waals surface area contributed by atoms with Crippen molar-refractivity contribution in [2.45, 2.75) is 25.0 Å². The van der Waals surface area contributed by atoms with E-state index >= 15 is 0 Å². The lowest BCUT2D eigenvalue weighted by molar-refractivity contribution is 0.185. The Bertz CT molecular complexity index is 721. The SMILES string of the molecule is COCc1ccccc1NS(=O)(=O)c1cc(CO)oc1C. The number of hydrogen-bond donors (Lipinski definition) is 2. The lowest BCUT2D eigenvalue weighted by Gasteiger charge is -2.11. The second-order valence-electron chi connectivity index (χ2n) is 4.49. The predicted octanol–water partition coefficient (Wildman–Crippen LogP) is 2.03. The fourth-order valence-corrected chi connectivity index (χ4v) is 3.28. The summed E-state index contributed by atoms with van der Waals surface area (Å²) in [6, 6.07) is 8.30. The van der Waals surface area contributed by atoms with Crippen molar-refractivity contribution < 1.29 is 22.7 Å². The average molecular weight is 311 g/mol. The van der Waals surface area contributed by atoms with Crippen LogP contribution in [0.25, 0.3) is 0 Å². The van der Waals surface area contributed by atoms with Crippen LogP contribution in [0.5, 0.6) is 0 Å². The summed E-state index contributed by atoms with van der Waals surface area (Å²) in [6.45, 7) is 1.48. The van der Waals surface area contributed by atoms with Gasteiger partial charge in [-0.15, -0.1) is 0 Å². The molecule has 0 saturated carbocycles. The first-order valence-corrected chi connectivity index (χ1v) is 7.76. The minimum absolute atomic E-state index is 0.0127. The highest BCUT2D eigenvalue weighted by Crippen LogP contribution is 2.25. The average Bonchev–Trinajstić information content (AvgIpc) is 2.83. The monoisotopic (exact) mass is 311 g/mol. The largest absolute Gasteiger partial charge is 0.462 e. The van der Waals surface area contributed by atoms with Crippen molar-refractivity contribution >= 4 is 15.7 Å². The van der Waals surface area contributed by atoms with E-state index in [4.69, 9.17) is 14.3 Å². The van der Waals surface area contributed by atoms with Gasteiger partial charge in [-0.3, -0.25) is 4.72 Å². The van der Waals surface area contributed by atoms with Crippen molar-refractivity contribution in [1.82, 2.24) is 0 Å². The van der Waals surface area contributed by atoms with E-state index < -0.39 is 10.0 Å². The molecule has 7 heteroatoms. The maximum atomic E-state index is 12.4. The fourth-order valence-electron chi connectivity index (χ4n) is 1.97. The van der Waals surface area contributed by atoms with Crippen LogP contribution >= 0.6 is 0 Å². The third kappa shape index (κ3) is 3.44. The molecular weight excluding hydrogens is 294 g/mol. The van der Waals surface area contributed by atoms with Crippen LogP contribution in [0.15, 0.2) is 39.6 Å². The molecule has 0 unspecified atom stereocenters. The highest BCUT2D eigenvalue weighted by Gasteiger charge is 2.22. The van der Waals surface area contributed by atoms with Gasteiger partial charge in [0.15, 0.2) is 0 Å². The predicted molar refractivity (Wildman–Crippen MR) is 77.3 cm³/mol. The molecule has 0 spiro atoms. The number of methoxy groups -OCH3 is 1. The third-order valence-corrected chi connectivity index (χ3v) is 4.40. The smallest absolute Gasteiger partial charge is 0.265 e. The van der Waals surface area contributed by atoms with Crippen molar-refractivity contribution in [2.24, 2.45) is 0 Å². The Hall–Kier alpha value is -1.83. The molecule has 2 rings (SSSR count). The molecule has 0 saturated heterocycles. The van der Waals surface area contributed by atoms with E-state index in [0.717, 1.165) is 5.56 Å². The van der Waals surface area contributed by atoms with Crippen molar-refractivity contribution in [3.63, 3.8) is 0 Å². The van der Waals surface area contributed by atoms with Crippen LogP contribution in [-0.4, -0.2) is 20.6 Å². The summed E-state index contributed by atoms with van der Waals surface area (Å²) >= 11 is 0. The number of aryl methyl sites for hydroxylation is 1. The molecule has 2 N–H and O–H groups in total. The summed E-state index contributed by atoms with van der Waals surface area (Å²) in [4.78, 5) is 0.0127. The first-order chi connectivity index (χ1) is 9.97. The molecule has 6 nitrogen and oxygen atoms in total. The summed E-state index contributed by atoms with van der Waals surface area (Å²) in [5, 5.41) is 9.02. The summed E-state index contributed by atoms with van der Waals surface area (Å²) in [6.07, 6.45) is 0. The van der Waals surface area contributed by atoms with Gasteiger partial charge in [-0.25, -0.2) is 8.42 Å². The zero-order chi connectivity index (χ0) is 15.5. The number of aliphatic hydroxyl groups is 1. The molecule has 1 aromatic carbocycles. The first-order valence-electron chi connectivity index (χ1n) is 6.27. The van der Waals surface area contributed by atoms with Crippen LogP contribution in [0.2, 0.25) is 0 Å². The van der Waals surface area contributed by atoms with E-state index in [1.165, 1.54) is 13.0 Å².